The largest absolute Gasteiger partial charge is 0.325 e. The molecule has 1 fully saturated rings. The lowest BCUT2D eigenvalue weighted by Crippen LogP contribution is -2.20. The van der Waals surface area contributed by atoms with Crippen LogP contribution in [-0.2, 0) is 0 Å². The van der Waals surface area contributed by atoms with Gasteiger partial charge in [-0.15, -0.1) is 0 Å². The summed E-state index contributed by atoms with van der Waals surface area (Å²) in [6.45, 7) is 0. The minimum atomic E-state index is -0.417. The summed E-state index contributed by atoms with van der Waals surface area (Å²) in [5.41, 5.74) is 0.927. The van der Waals surface area contributed by atoms with Gasteiger partial charge in [-0.2, -0.15) is 0 Å². The third kappa shape index (κ3) is 5.18. The summed E-state index contributed by atoms with van der Waals surface area (Å²) in [6.07, 6.45) is 8.99. The van der Waals surface area contributed by atoms with E-state index in [1.165, 1.54) is 23.1 Å². The molecule has 9 heteroatoms. The van der Waals surface area contributed by atoms with Crippen LogP contribution in [0.2, 0.25) is 0 Å². The highest BCUT2D eigenvalue weighted by molar-refractivity contribution is 8.01. The number of nitrogens with one attached hydrogen (secondary N) is 2. The fourth-order valence-electron chi connectivity index (χ4n) is 3.17. The Kier molecular flexibility index (Phi) is 6.16. The van der Waals surface area contributed by atoms with Crippen LogP contribution in [0, 0.1) is 5.92 Å². The number of hydrogen-bond donors (Lipinski definition) is 2. The van der Waals surface area contributed by atoms with Gasteiger partial charge in [0.15, 0.2) is 10.9 Å². The van der Waals surface area contributed by atoms with Crippen LogP contribution in [0.15, 0.2) is 58.2 Å². The first-order chi connectivity index (χ1) is 14.2. The molecule has 1 aliphatic rings. The van der Waals surface area contributed by atoms with Crippen molar-refractivity contribution in [3.8, 4) is 0 Å². The van der Waals surface area contributed by atoms with Crippen LogP contribution < -0.4 is 10.6 Å². The van der Waals surface area contributed by atoms with Gasteiger partial charge in [0, 0.05) is 24.0 Å². The van der Waals surface area contributed by atoms with Crippen LogP contribution in [0.3, 0.4) is 0 Å². The molecule has 0 spiro atoms. The predicted octanol–water partition coefficient (Wildman–Crippen LogP) is 5.10. The number of ketones is 1. The van der Waals surface area contributed by atoms with Gasteiger partial charge >= 0.3 is 6.03 Å². The molecule has 3 aromatic rings. The predicted molar refractivity (Wildman–Crippen MR) is 114 cm³/mol. The third-order valence-corrected chi connectivity index (χ3v) is 6.51. The van der Waals surface area contributed by atoms with Crippen molar-refractivity contribution < 1.29 is 9.59 Å². The smallest absolute Gasteiger partial charge is 0.308 e. The van der Waals surface area contributed by atoms with Crippen molar-refractivity contribution >= 4 is 45.7 Å². The molecule has 0 radical (unpaired) electrons. The van der Waals surface area contributed by atoms with Gasteiger partial charge in [0.2, 0.25) is 0 Å². The Morgan fingerprint density at radius 2 is 1.90 bits per heavy atom. The number of aromatic nitrogens is 3. The summed E-state index contributed by atoms with van der Waals surface area (Å²) in [7, 11) is 0. The van der Waals surface area contributed by atoms with Crippen molar-refractivity contribution in [1.29, 1.82) is 0 Å². The Balaban J connectivity index is 1.35. The molecule has 1 aliphatic carbocycles. The standard InChI is InChI=1S/C20H19N5O2S2/c26-18(13-5-1-2-6-13)15-11-14(8-10-21-15)24-19(27)25-20-23-12-17(29-20)28-16-7-3-4-9-22-16/h3-4,7-13H,1-2,5-6H2,(H2,21,23,24,25,27). The van der Waals surface area contributed by atoms with Crippen molar-refractivity contribution in [1.82, 2.24) is 15.0 Å². The summed E-state index contributed by atoms with van der Waals surface area (Å²) in [4.78, 5) is 37.5. The summed E-state index contributed by atoms with van der Waals surface area (Å²) < 4.78 is 0.923. The first-order valence-corrected chi connectivity index (χ1v) is 10.9. The zero-order valence-electron chi connectivity index (χ0n) is 15.5. The zero-order chi connectivity index (χ0) is 20.1. The average Bonchev–Trinajstić information content (AvgIpc) is 3.41. The van der Waals surface area contributed by atoms with Crippen molar-refractivity contribution in [2.24, 2.45) is 5.92 Å². The fraction of sp³-hybridized carbons (Fsp3) is 0.250. The highest BCUT2D eigenvalue weighted by atomic mass is 32.2. The lowest BCUT2D eigenvalue weighted by molar-refractivity contribution is 0.0917. The highest BCUT2D eigenvalue weighted by Gasteiger charge is 2.24. The maximum absolute atomic E-state index is 12.5. The van der Waals surface area contributed by atoms with Crippen LogP contribution in [0.4, 0.5) is 15.6 Å². The molecule has 2 amide bonds. The lowest BCUT2D eigenvalue weighted by atomic mass is 9.99. The number of carbonyl (C=O) groups excluding carboxylic acids is 2. The minimum Gasteiger partial charge on any atom is -0.308 e. The molecule has 1 saturated carbocycles. The van der Waals surface area contributed by atoms with Crippen LogP contribution in [0.5, 0.6) is 0 Å². The lowest BCUT2D eigenvalue weighted by Gasteiger charge is -2.09. The molecule has 148 valence electrons. The highest BCUT2D eigenvalue weighted by Crippen LogP contribution is 2.32. The number of Topliss-reactive ketones (excluding diaryl/α,β-unsaturated/α-hetero) is 1. The molecular weight excluding hydrogens is 406 g/mol. The number of amides is 2. The Morgan fingerprint density at radius 1 is 1.03 bits per heavy atom. The maximum atomic E-state index is 12.5. The first-order valence-electron chi connectivity index (χ1n) is 9.30. The third-order valence-electron chi connectivity index (χ3n) is 4.54. The van der Waals surface area contributed by atoms with Gasteiger partial charge in [-0.05, 0) is 37.1 Å². The van der Waals surface area contributed by atoms with Gasteiger partial charge in [-0.3, -0.25) is 15.1 Å². The summed E-state index contributed by atoms with van der Waals surface area (Å²) >= 11 is 2.85. The molecule has 3 heterocycles. The van der Waals surface area contributed by atoms with Crippen molar-refractivity contribution in [3.05, 3.63) is 54.6 Å². The zero-order valence-corrected chi connectivity index (χ0v) is 17.1. The molecule has 0 unspecified atom stereocenters. The number of hydrogen-bond acceptors (Lipinski definition) is 7. The van der Waals surface area contributed by atoms with Gasteiger partial charge < -0.3 is 5.32 Å². The van der Waals surface area contributed by atoms with Crippen molar-refractivity contribution in [2.75, 3.05) is 10.6 Å². The van der Waals surface area contributed by atoms with Gasteiger partial charge in [-0.1, -0.05) is 42.0 Å². The molecule has 3 aromatic heterocycles. The number of rotatable bonds is 6. The second kappa shape index (κ2) is 9.15. The molecule has 0 aromatic carbocycles. The monoisotopic (exact) mass is 425 g/mol. The van der Waals surface area contributed by atoms with E-state index < -0.39 is 6.03 Å². The molecule has 2 N–H and O–H groups in total. The number of nitrogens with zero attached hydrogens (tertiary/aromatic N) is 3. The van der Waals surface area contributed by atoms with E-state index >= 15 is 0 Å². The van der Waals surface area contributed by atoms with Gasteiger partial charge in [-0.25, -0.2) is 14.8 Å². The van der Waals surface area contributed by atoms with Gasteiger partial charge in [0.05, 0.1) is 10.4 Å². The van der Waals surface area contributed by atoms with E-state index in [-0.39, 0.29) is 11.7 Å². The van der Waals surface area contributed by atoms with Crippen LogP contribution in [0.1, 0.15) is 36.2 Å². The summed E-state index contributed by atoms with van der Waals surface area (Å²) in [5.74, 6) is 0.111. The van der Waals surface area contributed by atoms with E-state index in [1.807, 2.05) is 18.2 Å². The number of urea groups is 1. The van der Waals surface area contributed by atoms with Crippen LogP contribution in [-0.4, -0.2) is 26.8 Å². The number of carbonyl (C=O) groups is 2. The Bertz CT molecular complexity index is 1000. The van der Waals surface area contributed by atoms with E-state index in [0.29, 0.717) is 16.5 Å². The van der Waals surface area contributed by atoms with E-state index in [4.69, 9.17) is 0 Å². The van der Waals surface area contributed by atoms with Crippen LogP contribution >= 0.6 is 23.1 Å². The summed E-state index contributed by atoms with van der Waals surface area (Å²) in [6, 6.07) is 8.57. The van der Waals surface area contributed by atoms with Gasteiger partial charge in [0.1, 0.15) is 10.7 Å². The molecule has 4 rings (SSSR count). The van der Waals surface area contributed by atoms with E-state index in [9.17, 15) is 9.59 Å². The normalized spacial score (nSPS) is 13.9. The second-order valence-corrected chi connectivity index (χ2v) is 8.96. The van der Waals surface area contributed by atoms with Crippen LogP contribution in [0.25, 0.3) is 0 Å². The fourth-order valence-corrected chi connectivity index (χ4v) is 4.95. The van der Waals surface area contributed by atoms with Gasteiger partial charge in [0.25, 0.3) is 0 Å². The molecular formula is C20H19N5O2S2. The second-order valence-electron chi connectivity index (χ2n) is 6.61. The maximum Gasteiger partial charge on any atom is 0.325 e. The molecule has 0 atom stereocenters. The quantitative estimate of drug-likeness (QED) is 0.533. The first kappa shape index (κ1) is 19.5. The number of pyridine rings is 2. The van der Waals surface area contributed by atoms with E-state index in [2.05, 4.69) is 25.6 Å². The molecule has 7 nitrogen and oxygen atoms in total. The molecule has 0 aliphatic heterocycles. The van der Waals surface area contributed by atoms with E-state index in [1.54, 1.807) is 30.7 Å². The number of thiazole rings is 1. The minimum absolute atomic E-state index is 0.0527. The Morgan fingerprint density at radius 3 is 2.69 bits per heavy atom. The molecule has 0 saturated heterocycles. The SMILES string of the molecule is O=C(Nc1ccnc(C(=O)C2CCCC2)c1)Nc1ncc(Sc2ccccn2)s1. The molecule has 29 heavy (non-hydrogen) atoms. The topological polar surface area (TPSA) is 96.9 Å². The van der Waals surface area contributed by atoms with Crippen molar-refractivity contribution in [3.63, 3.8) is 0 Å². The van der Waals surface area contributed by atoms with Crippen molar-refractivity contribution in [2.45, 2.75) is 34.9 Å². The molecule has 0 bridgehead atoms. The van der Waals surface area contributed by atoms with E-state index in [0.717, 1.165) is 34.9 Å². The Hall–Kier alpha value is -2.78. The Labute approximate surface area is 176 Å². The summed E-state index contributed by atoms with van der Waals surface area (Å²) in [5, 5.41) is 6.81. The average molecular weight is 426 g/mol. The number of anilines is 2.